The molecule has 0 fully saturated rings. The van der Waals surface area contributed by atoms with Crippen molar-refractivity contribution in [2.75, 3.05) is 12.5 Å². The van der Waals surface area contributed by atoms with E-state index in [2.05, 4.69) is 20.5 Å². The molecule has 156 valence electrons. The van der Waals surface area contributed by atoms with Crippen molar-refractivity contribution in [1.82, 2.24) is 9.97 Å². The van der Waals surface area contributed by atoms with Crippen LogP contribution in [0, 0.1) is 5.82 Å². The Morgan fingerprint density at radius 2 is 2.03 bits per heavy atom. The van der Waals surface area contributed by atoms with E-state index < -0.39 is 0 Å². The molecule has 0 aliphatic heterocycles. The van der Waals surface area contributed by atoms with E-state index in [1.165, 1.54) is 19.2 Å². The maximum atomic E-state index is 13.7. The average molecular weight is 410 g/mol. The highest BCUT2D eigenvalue weighted by Crippen LogP contribution is 2.28. The molecule has 1 aromatic heterocycles. The Morgan fingerprint density at radius 1 is 1.20 bits per heavy atom. The van der Waals surface area contributed by atoms with Gasteiger partial charge in [0, 0.05) is 17.3 Å². The summed E-state index contributed by atoms with van der Waals surface area (Å²) in [7, 11) is 1.53. The van der Waals surface area contributed by atoms with Crippen LogP contribution in [0.25, 0.3) is 0 Å². The number of H-pyrrole nitrogens is 1. The van der Waals surface area contributed by atoms with E-state index >= 15 is 0 Å². The Balaban J connectivity index is 1.67. The first kappa shape index (κ1) is 21.0. The van der Waals surface area contributed by atoms with Crippen LogP contribution in [0.15, 0.2) is 58.4 Å². The Bertz CT molecular complexity index is 1080. The lowest BCUT2D eigenvalue weighted by atomic mass is 10.2. The predicted molar refractivity (Wildman–Crippen MR) is 114 cm³/mol. The van der Waals surface area contributed by atoms with Crippen LogP contribution in [-0.4, -0.2) is 23.3 Å². The summed E-state index contributed by atoms with van der Waals surface area (Å²) in [6.45, 7) is 2.11. The maximum absolute atomic E-state index is 13.7. The van der Waals surface area contributed by atoms with E-state index in [4.69, 9.17) is 9.47 Å². The standard InChI is InChI=1S/C22H23FN4O3/c1-3-6-17-12-21(28)26-22(25-17)27-24-13-15-9-10-19(20(11-15)29-2)30-14-16-7-4-5-8-18(16)23/h4-5,7-13H,3,6,14H2,1-2H3,(H2,25,26,27,28)/b24-13+. The van der Waals surface area contributed by atoms with Crippen LogP contribution in [0.1, 0.15) is 30.2 Å². The highest BCUT2D eigenvalue weighted by Gasteiger charge is 2.08. The van der Waals surface area contributed by atoms with Gasteiger partial charge in [0.05, 0.1) is 13.3 Å². The molecule has 3 rings (SSSR count). The molecule has 8 heteroatoms. The number of aromatic nitrogens is 2. The number of halogens is 1. The molecule has 0 unspecified atom stereocenters. The second-order valence-corrected chi connectivity index (χ2v) is 6.50. The summed E-state index contributed by atoms with van der Waals surface area (Å²) in [6.07, 6.45) is 3.17. The monoisotopic (exact) mass is 410 g/mol. The van der Waals surface area contributed by atoms with Gasteiger partial charge in [0.15, 0.2) is 11.5 Å². The molecule has 30 heavy (non-hydrogen) atoms. The zero-order valence-electron chi connectivity index (χ0n) is 16.8. The number of rotatable bonds is 9. The van der Waals surface area contributed by atoms with Gasteiger partial charge in [-0.2, -0.15) is 5.10 Å². The molecule has 0 spiro atoms. The minimum absolute atomic E-state index is 0.0885. The summed E-state index contributed by atoms with van der Waals surface area (Å²) in [4.78, 5) is 18.6. The fraction of sp³-hybridized carbons (Fsp3) is 0.227. The third-order valence-corrected chi connectivity index (χ3v) is 4.21. The number of hydrogen-bond donors (Lipinski definition) is 2. The molecule has 0 saturated carbocycles. The van der Waals surface area contributed by atoms with E-state index in [1.54, 1.807) is 42.6 Å². The van der Waals surface area contributed by atoms with Gasteiger partial charge in [-0.05, 0) is 36.2 Å². The Hall–Kier alpha value is -3.68. The van der Waals surface area contributed by atoms with Crippen LogP contribution in [0.2, 0.25) is 0 Å². The van der Waals surface area contributed by atoms with E-state index in [1.807, 2.05) is 6.92 Å². The summed E-state index contributed by atoms with van der Waals surface area (Å²) >= 11 is 0. The smallest absolute Gasteiger partial charge is 0.252 e. The van der Waals surface area contributed by atoms with Gasteiger partial charge in [-0.15, -0.1) is 0 Å². The number of hydrazone groups is 1. The zero-order chi connectivity index (χ0) is 21.3. The normalized spacial score (nSPS) is 10.9. The second-order valence-electron chi connectivity index (χ2n) is 6.50. The summed E-state index contributed by atoms with van der Waals surface area (Å²) in [5, 5.41) is 4.11. The van der Waals surface area contributed by atoms with Crippen molar-refractivity contribution in [1.29, 1.82) is 0 Å². The largest absolute Gasteiger partial charge is 0.493 e. The first-order chi connectivity index (χ1) is 14.6. The second kappa shape index (κ2) is 10.2. The van der Waals surface area contributed by atoms with Crippen LogP contribution in [0.3, 0.4) is 0 Å². The third-order valence-electron chi connectivity index (χ3n) is 4.21. The number of ether oxygens (including phenoxy) is 2. The SMILES string of the molecule is CCCc1cc(=O)[nH]c(N/N=C/c2ccc(OCc3ccccc3F)c(OC)c2)n1. The Labute approximate surface area is 173 Å². The van der Waals surface area contributed by atoms with Crippen molar-refractivity contribution in [2.24, 2.45) is 5.10 Å². The van der Waals surface area contributed by atoms with Crippen LogP contribution < -0.4 is 20.5 Å². The fourth-order valence-electron chi connectivity index (χ4n) is 2.77. The molecule has 0 radical (unpaired) electrons. The third kappa shape index (κ3) is 5.66. The molecule has 1 heterocycles. The molecule has 0 aliphatic rings. The van der Waals surface area contributed by atoms with E-state index in [0.717, 1.165) is 12.0 Å². The lowest BCUT2D eigenvalue weighted by Gasteiger charge is -2.11. The Kier molecular flexibility index (Phi) is 7.15. The number of nitrogens with one attached hydrogen (secondary N) is 2. The lowest BCUT2D eigenvalue weighted by Crippen LogP contribution is -2.12. The number of anilines is 1. The summed E-state index contributed by atoms with van der Waals surface area (Å²) < 4.78 is 24.8. The minimum atomic E-state index is -0.319. The maximum Gasteiger partial charge on any atom is 0.252 e. The van der Waals surface area contributed by atoms with Crippen molar-refractivity contribution in [2.45, 2.75) is 26.4 Å². The van der Waals surface area contributed by atoms with Crippen molar-refractivity contribution in [3.05, 3.63) is 81.5 Å². The average Bonchev–Trinajstić information content (AvgIpc) is 2.73. The lowest BCUT2D eigenvalue weighted by molar-refractivity contribution is 0.279. The van der Waals surface area contributed by atoms with E-state index in [-0.39, 0.29) is 23.9 Å². The first-order valence-corrected chi connectivity index (χ1v) is 9.52. The molecule has 0 atom stereocenters. The van der Waals surface area contributed by atoms with Crippen LogP contribution in [-0.2, 0) is 13.0 Å². The van der Waals surface area contributed by atoms with Gasteiger partial charge in [0.25, 0.3) is 5.56 Å². The number of methoxy groups -OCH3 is 1. The van der Waals surface area contributed by atoms with Crippen LogP contribution >= 0.6 is 0 Å². The molecule has 2 aromatic carbocycles. The molecular formula is C22H23FN4O3. The molecule has 0 saturated heterocycles. The van der Waals surface area contributed by atoms with E-state index in [0.29, 0.717) is 29.2 Å². The van der Waals surface area contributed by atoms with E-state index in [9.17, 15) is 9.18 Å². The van der Waals surface area contributed by atoms with Gasteiger partial charge in [-0.3, -0.25) is 9.78 Å². The minimum Gasteiger partial charge on any atom is -0.493 e. The van der Waals surface area contributed by atoms with Gasteiger partial charge >= 0.3 is 0 Å². The van der Waals surface area contributed by atoms with Crippen molar-refractivity contribution in [3.63, 3.8) is 0 Å². The number of aryl methyl sites for hydroxylation is 1. The molecule has 2 N–H and O–H groups in total. The van der Waals surface area contributed by atoms with Gasteiger partial charge in [0.2, 0.25) is 5.95 Å². The molecule has 0 aliphatic carbocycles. The topological polar surface area (TPSA) is 88.6 Å². The highest BCUT2D eigenvalue weighted by atomic mass is 19.1. The Morgan fingerprint density at radius 3 is 2.80 bits per heavy atom. The number of benzene rings is 2. The van der Waals surface area contributed by atoms with Gasteiger partial charge in [-0.1, -0.05) is 31.5 Å². The highest BCUT2D eigenvalue weighted by molar-refractivity contribution is 5.81. The fourth-order valence-corrected chi connectivity index (χ4v) is 2.77. The van der Waals surface area contributed by atoms with Gasteiger partial charge < -0.3 is 9.47 Å². The summed E-state index contributed by atoms with van der Waals surface area (Å²) in [5.74, 6) is 0.941. The van der Waals surface area contributed by atoms with Gasteiger partial charge in [-0.25, -0.2) is 14.8 Å². The molecule has 0 amide bonds. The molecular weight excluding hydrogens is 387 g/mol. The van der Waals surface area contributed by atoms with Crippen LogP contribution in [0.5, 0.6) is 11.5 Å². The number of nitrogens with zero attached hydrogens (tertiary/aromatic N) is 2. The van der Waals surface area contributed by atoms with Crippen molar-refractivity contribution in [3.8, 4) is 11.5 Å². The molecule has 7 nitrogen and oxygen atoms in total. The first-order valence-electron chi connectivity index (χ1n) is 9.52. The predicted octanol–water partition coefficient (Wildman–Crippen LogP) is 3.90. The number of hydrogen-bond acceptors (Lipinski definition) is 6. The summed E-state index contributed by atoms with van der Waals surface area (Å²) in [5.41, 5.74) is 4.40. The van der Waals surface area contributed by atoms with Crippen LogP contribution in [0.4, 0.5) is 10.3 Å². The summed E-state index contributed by atoms with van der Waals surface area (Å²) in [6, 6.07) is 13.2. The zero-order valence-corrected chi connectivity index (χ0v) is 16.8. The molecule has 3 aromatic rings. The quantitative estimate of drug-likeness (QED) is 0.413. The number of aromatic amines is 1. The molecule has 0 bridgehead atoms. The van der Waals surface area contributed by atoms with Crippen molar-refractivity contribution < 1.29 is 13.9 Å². The van der Waals surface area contributed by atoms with Crippen molar-refractivity contribution >= 4 is 12.2 Å². The van der Waals surface area contributed by atoms with Gasteiger partial charge in [0.1, 0.15) is 12.4 Å².